The lowest BCUT2D eigenvalue weighted by Crippen LogP contribution is -2.19. The van der Waals surface area contributed by atoms with E-state index in [1.165, 1.54) is 5.56 Å². The predicted molar refractivity (Wildman–Crippen MR) is 111 cm³/mol. The van der Waals surface area contributed by atoms with Crippen molar-refractivity contribution in [2.45, 2.75) is 19.3 Å². The van der Waals surface area contributed by atoms with E-state index in [0.717, 1.165) is 30.6 Å². The van der Waals surface area contributed by atoms with E-state index >= 15 is 0 Å². The fraction of sp³-hybridized carbons (Fsp3) is 0.238. The summed E-state index contributed by atoms with van der Waals surface area (Å²) in [5, 5.41) is 3.39. The first-order valence-electron chi connectivity index (χ1n) is 9.14. The molecule has 0 atom stereocenters. The maximum atomic E-state index is 12.4. The highest BCUT2D eigenvalue weighted by Crippen LogP contribution is 2.20. The minimum atomic E-state index is -0.174. The third-order valence-electron chi connectivity index (χ3n) is 4.40. The number of rotatable bonds is 8. The summed E-state index contributed by atoms with van der Waals surface area (Å²) in [6.45, 7) is 1.41. The zero-order valence-electron chi connectivity index (χ0n) is 15.2. The third kappa shape index (κ3) is 4.95. The summed E-state index contributed by atoms with van der Waals surface area (Å²) < 4.78 is 0. The SMILES string of the molecule is NCCc1ccc(NCCCc2c(-c3ccccc3)nc(N)[nH]c2=O)cc1. The van der Waals surface area contributed by atoms with Crippen LogP contribution in [-0.2, 0) is 12.8 Å². The van der Waals surface area contributed by atoms with Crippen LogP contribution in [0.4, 0.5) is 11.6 Å². The quantitative estimate of drug-likeness (QED) is 0.460. The molecule has 2 aromatic carbocycles. The number of nitrogen functional groups attached to an aromatic ring is 1. The van der Waals surface area contributed by atoms with Gasteiger partial charge in [-0.05, 0) is 43.5 Å². The number of hydrogen-bond donors (Lipinski definition) is 4. The molecule has 0 fully saturated rings. The van der Waals surface area contributed by atoms with E-state index in [0.29, 0.717) is 24.2 Å². The molecule has 6 nitrogen and oxygen atoms in total. The molecule has 0 aliphatic heterocycles. The Hall–Kier alpha value is -3.12. The van der Waals surface area contributed by atoms with Crippen LogP contribution < -0.4 is 22.3 Å². The van der Waals surface area contributed by atoms with Crippen molar-refractivity contribution in [3.8, 4) is 11.3 Å². The highest BCUT2D eigenvalue weighted by molar-refractivity contribution is 5.63. The molecule has 1 heterocycles. The monoisotopic (exact) mass is 363 g/mol. The van der Waals surface area contributed by atoms with Gasteiger partial charge in [-0.3, -0.25) is 9.78 Å². The molecule has 6 N–H and O–H groups in total. The third-order valence-corrected chi connectivity index (χ3v) is 4.40. The van der Waals surface area contributed by atoms with E-state index < -0.39 is 0 Å². The number of nitrogens with two attached hydrogens (primary N) is 2. The Bertz CT molecular complexity index is 920. The molecule has 0 saturated carbocycles. The van der Waals surface area contributed by atoms with Crippen molar-refractivity contribution in [2.75, 3.05) is 24.1 Å². The van der Waals surface area contributed by atoms with E-state index in [1.54, 1.807) is 0 Å². The number of nitrogens with zero attached hydrogens (tertiary/aromatic N) is 1. The zero-order valence-corrected chi connectivity index (χ0v) is 15.2. The lowest BCUT2D eigenvalue weighted by atomic mass is 10.0. The average Bonchev–Trinajstić information content (AvgIpc) is 2.68. The topological polar surface area (TPSA) is 110 Å². The van der Waals surface area contributed by atoms with Gasteiger partial charge in [0, 0.05) is 23.4 Å². The first-order valence-corrected chi connectivity index (χ1v) is 9.14. The van der Waals surface area contributed by atoms with Crippen LogP contribution in [0.15, 0.2) is 59.4 Å². The van der Waals surface area contributed by atoms with Crippen molar-refractivity contribution in [1.82, 2.24) is 9.97 Å². The Morgan fingerprint density at radius 1 is 1.00 bits per heavy atom. The van der Waals surface area contributed by atoms with Gasteiger partial charge in [0.15, 0.2) is 0 Å². The molecule has 0 aliphatic carbocycles. The van der Waals surface area contributed by atoms with Gasteiger partial charge in [-0.1, -0.05) is 42.5 Å². The normalized spacial score (nSPS) is 10.7. The van der Waals surface area contributed by atoms with Gasteiger partial charge >= 0.3 is 0 Å². The Kier molecular flexibility index (Phi) is 6.22. The first kappa shape index (κ1) is 18.7. The average molecular weight is 363 g/mol. The van der Waals surface area contributed by atoms with Gasteiger partial charge in [0.05, 0.1) is 5.69 Å². The molecule has 0 aliphatic rings. The molecule has 0 radical (unpaired) electrons. The van der Waals surface area contributed by atoms with Crippen molar-refractivity contribution in [3.05, 3.63) is 76.1 Å². The van der Waals surface area contributed by atoms with Crippen molar-refractivity contribution in [2.24, 2.45) is 5.73 Å². The second kappa shape index (κ2) is 9.00. The number of aromatic nitrogens is 2. The summed E-state index contributed by atoms with van der Waals surface area (Å²) in [6.07, 6.45) is 2.31. The maximum absolute atomic E-state index is 12.4. The number of H-pyrrole nitrogens is 1. The van der Waals surface area contributed by atoms with Crippen LogP contribution in [0.5, 0.6) is 0 Å². The molecule has 0 spiro atoms. The minimum Gasteiger partial charge on any atom is -0.385 e. The van der Waals surface area contributed by atoms with Gasteiger partial charge in [0.1, 0.15) is 0 Å². The summed E-state index contributed by atoms with van der Waals surface area (Å²) >= 11 is 0. The lowest BCUT2D eigenvalue weighted by Gasteiger charge is -2.10. The van der Waals surface area contributed by atoms with Crippen LogP contribution in [0.25, 0.3) is 11.3 Å². The van der Waals surface area contributed by atoms with Crippen LogP contribution >= 0.6 is 0 Å². The van der Waals surface area contributed by atoms with Crippen LogP contribution in [0.2, 0.25) is 0 Å². The largest absolute Gasteiger partial charge is 0.385 e. The van der Waals surface area contributed by atoms with Crippen molar-refractivity contribution >= 4 is 11.6 Å². The lowest BCUT2D eigenvalue weighted by molar-refractivity contribution is 0.844. The summed E-state index contributed by atoms with van der Waals surface area (Å²) in [4.78, 5) is 19.4. The van der Waals surface area contributed by atoms with Crippen LogP contribution in [0, 0.1) is 0 Å². The Labute approximate surface area is 158 Å². The smallest absolute Gasteiger partial charge is 0.256 e. The van der Waals surface area contributed by atoms with E-state index in [9.17, 15) is 4.79 Å². The van der Waals surface area contributed by atoms with Gasteiger partial charge in [-0.15, -0.1) is 0 Å². The highest BCUT2D eigenvalue weighted by Gasteiger charge is 2.12. The summed E-state index contributed by atoms with van der Waals surface area (Å²) in [5.41, 5.74) is 15.6. The number of hydrogen-bond acceptors (Lipinski definition) is 5. The Morgan fingerprint density at radius 2 is 1.74 bits per heavy atom. The van der Waals surface area contributed by atoms with Crippen LogP contribution in [-0.4, -0.2) is 23.1 Å². The summed E-state index contributed by atoms with van der Waals surface area (Å²) in [6, 6.07) is 17.9. The van der Waals surface area contributed by atoms with Gasteiger partial charge in [0.25, 0.3) is 5.56 Å². The van der Waals surface area contributed by atoms with E-state index in [1.807, 2.05) is 30.3 Å². The van der Waals surface area contributed by atoms with E-state index in [4.69, 9.17) is 11.5 Å². The molecule has 0 bridgehead atoms. The highest BCUT2D eigenvalue weighted by atomic mass is 16.1. The Morgan fingerprint density at radius 3 is 2.44 bits per heavy atom. The molecule has 0 unspecified atom stereocenters. The van der Waals surface area contributed by atoms with Crippen LogP contribution in [0.1, 0.15) is 17.5 Å². The van der Waals surface area contributed by atoms with Gasteiger partial charge < -0.3 is 16.8 Å². The molecule has 6 heteroatoms. The van der Waals surface area contributed by atoms with Crippen molar-refractivity contribution in [1.29, 1.82) is 0 Å². The predicted octanol–water partition coefficient (Wildman–Crippen LogP) is 2.56. The maximum Gasteiger partial charge on any atom is 0.256 e. The van der Waals surface area contributed by atoms with Gasteiger partial charge in [-0.25, -0.2) is 4.98 Å². The van der Waals surface area contributed by atoms with Crippen LogP contribution in [0.3, 0.4) is 0 Å². The fourth-order valence-corrected chi connectivity index (χ4v) is 3.04. The second-order valence-electron chi connectivity index (χ2n) is 6.41. The zero-order chi connectivity index (χ0) is 19.1. The number of nitrogens with one attached hydrogen (secondary N) is 2. The molecule has 0 saturated heterocycles. The molecule has 3 rings (SSSR count). The standard InChI is InChI=1S/C21H25N5O/c22-13-12-15-8-10-17(11-9-15)24-14-4-7-18-19(16-5-2-1-3-6-16)25-21(23)26-20(18)27/h1-3,5-6,8-11,24H,4,7,12-14,22H2,(H3,23,25,26,27). The molecule has 0 amide bonds. The first-order chi connectivity index (χ1) is 13.2. The molecule has 140 valence electrons. The van der Waals surface area contributed by atoms with E-state index in [-0.39, 0.29) is 11.5 Å². The number of anilines is 2. The van der Waals surface area contributed by atoms with Gasteiger partial charge in [0.2, 0.25) is 5.95 Å². The van der Waals surface area contributed by atoms with Crippen molar-refractivity contribution < 1.29 is 0 Å². The second-order valence-corrected chi connectivity index (χ2v) is 6.41. The minimum absolute atomic E-state index is 0.137. The molecule has 27 heavy (non-hydrogen) atoms. The Balaban J connectivity index is 1.65. The molecular formula is C21H25N5O. The van der Waals surface area contributed by atoms with Crippen molar-refractivity contribution in [3.63, 3.8) is 0 Å². The summed E-state index contributed by atoms with van der Waals surface area (Å²) in [7, 11) is 0. The fourth-order valence-electron chi connectivity index (χ4n) is 3.04. The molecule has 3 aromatic rings. The molecular weight excluding hydrogens is 338 g/mol. The number of aromatic amines is 1. The molecule has 1 aromatic heterocycles. The summed E-state index contributed by atoms with van der Waals surface area (Å²) in [5.74, 6) is 0.137. The van der Waals surface area contributed by atoms with Gasteiger partial charge in [-0.2, -0.15) is 0 Å². The number of benzene rings is 2. The van der Waals surface area contributed by atoms with E-state index in [2.05, 4.69) is 39.6 Å².